The third kappa shape index (κ3) is 2.22. The molecule has 0 amide bonds. The van der Waals surface area contributed by atoms with Crippen LogP contribution in [0.4, 0.5) is 0 Å². The highest BCUT2D eigenvalue weighted by molar-refractivity contribution is 5.68. The minimum Gasteiger partial charge on any atom is -0.486 e. The van der Waals surface area contributed by atoms with E-state index in [1.54, 1.807) is 0 Å². The molecule has 1 aliphatic heterocycles. The molecule has 0 unspecified atom stereocenters. The van der Waals surface area contributed by atoms with Crippen LogP contribution in [-0.4, -0.2) is 23.4 Å². The molecule has 6 nitrogen and oxygen atoms in total. The SMILES string of the molecule is CC(C)[C@H](N)c1nc(-c2cccc3c2OCCO3)no1. The third-order valence-electron chi connectivity index (χ3n) is 3.25. The number of rotatable bonds is 3. The average molecular weight is 275 g/mol. The number of aromatic nitrogens is 2. The molecule has 20 heavy (non-hydrogen) atoms. The van der Waals surface area contributed by atoms with Gasteiger partial charge < -0.3 is 19.7 Å². The molecule has 0 aliphatic carbocycles. The van der Waals surface area contributed by atoms with Gasteiger partial charge in [0, 0.05) is 0 Å². The molecule has 0 bridgehead atoms. The van der Waals surface area contributed by atoms with E-state index in [4.69, 9.17) is 19.7 Å². The predicted molar refractivity (Wildman–Crippen MR) is 72.5 cm³/mol. The van der Waals surface area contributed by atoms with Crippen LogP contribution in [0.15, 0.2) is 22.7 Å². The third-order valence-corrected chi connectivity index (χ3v) is 3.25. The molecule has 0 radical (unpaired) electrons. The summed E-state index contributed by atoms with van der Waals surface area (Å²) >= 11 is 0. The van der Waals surface area contributed by atoms with E-state index in [9.17, 15) is 0 Å². The van der Waals surface area contributed by atoms with Gasteiger partial charge in [-0.1, -0.05) is 25.1 Å². The molecule has 0 saturated carbocycles. The minimum atomic E-state index is -0.270. The quantitative estimate of drug-likeness (QED) is 0.924. The van der Waals surface area contributed by atoms with Crippen molar-refractivity contribution >= 4 is 0 Å². The number of fused-ring (bicyclic) bond motifs is 1. The van der Waals surface area contributed by atoms with Gasteiger partial charge in [0.15, 0.2) is 11.5 Å². The summed E-state index contributed by atoms with van der Waals surface area (Å²) in [6.45, 7) is 5.08. The molecular weight excluding hydrogens is 258 g/mol. The van der Waals surface area contributed by atoms with E-state index in [0.717, 1.165) is 5.56 Å². The number of nitrogens with two attached hydrogens (primary N) is 1. The fraction of sp³-hybridized carbons (Fsp3) is 0.429. The molecular formula is C14H17N3O3. The van der Waals surface area contributed by atoms with Gasteiger partial charge in [-0.3, -0.25) is 0 Å². The molecule has 0 saturated heterocycles. The number of hydrogen-bond donors (Lipinski definition) is 1. The maximum absolute atomic E-state index is 6.01. The monoisotopic (exact) mass is 275 g/mol. The van der Waals surface area contributed by atoms with Gasteiger partial charge in [-0.2, -0.15) is 4.98 Å². The van der Waals surface area contributed by atoms with Gasteiger partial charge in [-0.15, -0.1) is 0 Å². The Hall–Kier alpha value is -2.08. The van der Waals surface area contributed by atoms with Gasteiger partial charge in [0.2, 0.25) is 11.7 Å². The van der Waals surface area contributed by atoms with Gasteiger partial charge >= 0.3 is 0 Å². The molecule has 106 valence electrons. The number of hydrogen-bond acceptors (Lipinski definition) is 6. The smallest absolute Gasteiger partial charge is 0.244 e. The second kappa shape index (κ2) is 5.13. The maximum Gasteiger partial charge on any atom is 0.244 e. The van der Waals surface area contributed by atoms with Gasteiger partial charge in [-0.05, 0) is 18.1 Å². The summed E-state index contributed by atoms with van der Waals surface area (Å²) in [4.78, 5) is 4.37. The molecule has 2 N–H and O–H groups in total. The standard InChI is InChI=1S/C14H17N3O3/c1-8(2)11(15)14-16-13(17-20-14)9-4-3-5-10-12(9)19-7-6-18-10/h3-5,8,11H,6-7,15H2,1-2H3/t11-/m0/s1. The zero-order valence-corrected chi connectivity index (χ0v) is 11.5. The first-order valence-corrected chi connectivity index (χ1v) is 6.65. The lowest BCUT2D eigenvalue weighted by Crippen LogP contribution is -2.17. The van der Waals surface area contributed by atoms with Crippen molar-refractivity contribution in [3.05, 3.63) is 24.1 Å². The van der Waals surface area contributed by atoms with E-state index in [2.05, 4.69) is 10.1 Å². The minimum absolute atomic E-state index is 0.229. The molecule has 2 heterocycles. The largest absolute Gasteiger partial charge is 0.486 e. The highest BCUT2D eigenvalue weighted by atomic mass is 16.6. The van der Waals surface area contributed by atoms with E-state index in [1.807, 2.05) is 32.0 Å². The van der Waals surface area contributed by atoms with Crippen LogP contribution in [0.25, 0.3) is 11.4 Å². The van der Waals surface area contributed by atoms with Crippen molar-refractivity contribution in [2.45, 2.75) is 19.9 Å². The van der Waals surface area contributed by atoms with Crippen LogP contribution in [0.1, 0.15) is 25.8 Å². The van der Waals surface area contributed by atoms with Crippen molar-refractivity contribution < 1.29 is 14.0 Å². The normalized spacial score (nSPS) is 15.4. The van der Waals surface area contributed by atoms with E-state index in [1.165, 1.54) is 0 Å². The number of benzene rings is 1. The van der Waals surface area contributed by atoms with E-state index in [-0.39, 0.29) is 12.0 Å². The Morgan fingerprint density at radius 3 is 2.80 bits per heavy atom. The number of ether oxygens (including phenoxy) is 2. The van der Waals surface area contributed by atoms with Crippen molar-refractivity contribution in [3.63, 3.8) is 0 Å². The lowest BCUT2D eigenvalue weighted by molar-refractivity contribution is 0.172. The second-order valence-electron chi connectivity index (χ2n) is 5.06. The summed E-state index contributed by atoms with van der Waals surface area (Å²) in [5.41, 5.74) is 6.77. The summed E-state index contributed by atoms with van der Waals surface area (Å²) in [5.74, 6) is 2.49. The molecule has 1 aromatic carbocycles. The average Bonchev–Trinajstić information content (AvgIpc) is 2.95. The Kier molecular flexibility index (Phi) is 3.31. The summed E-state index contributed by atoms with van der Waals surface area (Å²) in [7, 11) is 0. The van der Waals surface area contributed by atoms with Gasteiger partial charge in [0.1, 0.15) is 13.2 Å². The maximum atomic E-state index is 6.01. The lowest BCUT2D eigenvalue weighted by atomic mass is 10.1. The number of para-hydroxylation sites is 1. The van der Waals surface area contributed by atoms with Crippen LogP contribution in [-0.2, 0) is 0 Å². The molecule has 1 aliphatic rings. The lowest BCUT2D eigenvalue weighted by Gasteiger charge is -2.19. The molecule has 1 aromatic heterocycles. The molecule has 3 rings (SSSR count). The summed E-state index contributed by atoms with van der Waals surface area (Å²) in [5, 5.41) is 4.00. The van der Waals surface area contributed by atoms with Crippen molar-refractivity contribution in [3.8, 4) is 22.9 Å². The van der Waals surface area contributed by atoms with Gasteiger partial charge in [-0.25, -0.2) is 0 Å². The summed E-state index contributed by atoms with van der Waals surface area (Å²) in [6.07, 6.45) is 0. The van der Waals surface area contributed by atoms with Crippen molar-refractivity contribution in [2.24, 2.45) is 11.7 Å². The Morgan fingerprint density at radius 2 is 2.00 bits per heavy atom. The molecule has 0 spiro atoms. The highest BCUT2D eigenvalue weighted by Crippen LogP contribution is 2.38. The summed E-state index contributed by atoms with van der Waals surface area (Å²) in [6, 6.07) is 5.34. The molecule has 2 aromatic rings. The number of nitrogens with zero attached hydrogens (tertiary/aromatic N) is 2. The Bertz CT molecular complexity index is 609. The van der Waals surface area contributed by atoms with Gasteiger partial charge in [0.25, 0.3) is 0 Å². The fourth-order valence-electron chi connectivity index (χ4n) is 2.01. The van der Waals surface area contributed by atoms with Crippen LogP contribution in [0, 0.1) is 5.92 Å². The van der Waals surface area contributed by atoms with E-state index < -0.39 is 0 Å². The Labute approximate surface area is 116 Å². The van der Waals surface area contributed by atoms with Crippen LogP contribution in [0.5, 0.6) is 11.5 Å². The van der Waals surface area contributed by atoms with Crippen molar-refractivity contribution in [1.29, 1.82) is 0 Å². The zero-order chi connectivity index (χ0) is 14.1. The Morgan fingerprint density at radius 1 is 1.20 bits per heavy atom. The molecule has 6 heteroatoms. The van der Waals surface area contributed by atoms with Crippen LogP contribution in [0.2, 0.25) is 0 Å². The Balaban J connectivity index is 1.98. The highest BCUT2D eigenvalue weighted by Gasteiger charge is 2.23. The zero-order valence-electron chi connectivity index (χ0n) is 11.5. The van der Waals surface area contributed by atoms with E-state index in [0.29, 0.717) is 36.4 Å². The van der Waals surface area contributed by atoms with E-state index >= 15 is 0 Å². The topological polar surface area (TPSA) is 83.4 Å². The first-order chi connectivity index (χ1) is 9.66. The fourth-order valence-corrected chi connectivity index (χ4v) is 2.01. The van der Waals surface area contributed by atoms with Crippen molar-refractivity contribution in [2.75, 3.05) is 13.2 Å². The second-order valence-corrected chi connectivity index (χ2v) is 5.06. The van der Waals surface area contributed by atoms with Crippen LogP contribution >= 0.6 is 0 Å². The van der Waals surface area contributed by atoms with Crippen LogP contribution in [0.3, 0.4) is 0 Å². The summed E-state index contributed by atoms with van der Waals surface area (Å²) < 4.78 is 16.4. The predicted octanol–water partition coefficient (Wildman–Crippen LogP) is 2.16. The molecule has 0 fully saturated rings. The van der Waals surface area contributed by atoms with Crippen molar-refractivity contribution in [1.82, 2.24) is 10.1 Å². The first kappa shape index (κ1) is 12.9. The first-order valence-electron chi connectivity index (χ1n) is 6.65. The molecule has 1 atom stereocenters. The van der Waals surface area contributed by atoms with Crippen LogP contribution < -0.4 is 15.2 Å². The van der Waals surface area contributed by atoms with Gasteiger partial charge in [0.05, 0.1) is 11.6 Å².